The zero-order valence-electron chi connectivity index (χ0n) is 17.0. The molecule has 0 spiro atoms. The number of aryl methyl sites for hydroxylation is 1. The van der Waals surface area contributed by atoms with Gasteiger partial charge in [0.05, 0.1) is 19.8 Å². The van der Waals surface area contributed by atoms with E-state index in [1.807, 2.05) is 12.1 Å². The van der Waals surface area contributed by atoms with Crippen LogP contribution in [0.4, 0.5) is 0 Å². The Hall–Kier alpha value is -2.53. The van der Waals surface area contributed by atoms with Gasteiger partial charge in [0.15, 0.2) is 18.0 Å². The molecule has 1 fully saturated rings. The van der Waals surface area contributed by atoms with Gasteiger partial charge in [0, 0.05) is 31.4 Å². The first kappa shape index (κ1) is 19.8. The summed E-state index contributed by atoms with van der Waals surface area (Å²) < 4.78 is 11.6. The van der Waals surface area contributed by atoms with Gasteiger partial charge < -0.3 is 19.7 Å². The molecule has 1 amide bonds. The molecule has 2 aliphatic heterocycles. The minimum Gasteiger partial charge on any atom is -0.490 e. The Bertz CT molecular complexity index is 809. The van der Waals surface area contributed by atoms with Gasteiger partial charge >= 0.3 is 0 Å². The van der Waals surface area contributed by atoms with E-state index in [0.29, 0.717) is 25.8 Å². The number of fused-ring (bicyclic) bond motifs is 1. The van der Waals surface area contributed by atoms with Crippen molar-refractivity contribution in [2.75, 3.05) is 32.8 Å². The van der Waals surface area contributed by atoms with Crippen LogP contribution in [-0.4, -0.2) is 38.8 Å². The van der Waals surface area contributed by atoms with Crippen molar-refractivity contribution in [1.29, 1.82) is 0 Å². The number of nitrogens with one attached hydrogen (secondary N) is 2. The summed E-state index contributed by atoms with van der Waals surface area (Å²) in [5.74, 6) is 1.83. The van der Waals surface area contributed by atoms with Crippen molar-refractivity contribution >= 4 is 5.91 Å². The number of hydrogen-bond acceptors (Lipinski definition) is 3. The summed E-state index contributed by atoms with van der Waals surface area (Å²) >= 11 is 0. The van der Waals surface area contributed by atoms with E-state index >= 15 is 0 Å². The molecule has 0 bridgehead atoms. The minimum atomic E-state index is 0.148. The van der Waals surface area contributed by atoms with E-state index in [0.717, 1.165) is 56.7 Å². The maximum absolute atomic E-state index is 12.5. The molecular formula is C24H31N2O3+. The van der Waals surface area contributed by atoms with Crippen LogP contribution in [0.5, 0.6) is 11.5 Å². The quantitative estimate of drug-likeness (QED) is 0.708. The molecule has 2 aromatic rings. The second-order valence-corrected chi connectivity index (χ2v) is 7.98. The predicted octanol–water partition coefficient (Wildman–Crippen LogP) is 2.32. The SMILES string of the molecule is O=C(C[NH+]1CCC[C@@H]1c1ccc2c(c1)OCCCO2)NCCCc1ccccc1. The summed E-state index contributed by atoms with van der Waals surface area (Å²) in [6.07, 6.45) is 5.13. The zero-order chi connectivity index (χ0) is 19.9. The van der Waals surface area contributed by atoms with Crippen LogP contribution in [0.3, 0.4) is 0 Å². The summed E-state index contributed by atoms with van der Waals surface area (Å²) in [6.45, 7) is 3.71. The highest BCUT2D eigenvalue weighted by atomic mass is 16.5. The second kappa shape index (κ2) is 9.79. The Labute approximate surface area is 173 Å². The maximum atomic E-state index is 12.5. The Morgan fingerprint density at radius 3 is 2.72 bits per heavy atom. The number of ether oxygens (including phenoxy) is 2. The van der Waals surface area contributed by atoms with Crippen LogP contribution in [0.1, 0.15) is 42.9 Å². The van der Waals surface area contributed by atoms with Crippen molar-refractivity contribution in [3.63, 3.8) is 0 Å². The number of carbonyl (C=O) groups excluding carboxylic acids is 1. The molecular weight excluding hydrogens is 364 g/mol. The van der Waals surface area contributed by atoms with Gasteiger partial charge in [-0.15, -0.1) is 0 Å². The van der Waals surface area contributed by atoms with Crippen LogP contribution in [0.25, 0.3) is 0 Å². The Morgan fingerprint density at radius 2 is 1.86 bits per heavy atom. The monoisotopic (exact) mass is 395 g/mol. The van der Waals surface area contributed by atoms with E-state index in [1.54, 1.807) is 0 Å². The molecule has 1 unspecified atom stereocenters. The molecule has 2 aromatic carbocycles. The van der Waals surface area contributed by atoms with Gasteiger partial charge in [0.1, 0.15) is 6.04 Å². The number of quaternary nitrogens is 1. The first-order valence-electron chi connectivity index (χ1n) is 10.8. The van der Waals surface area contributed by atoms with Crippen LogP contribution >= 0.6 is 0 Å². The second-order valence-electron chi connectivity index (χ2n) is 7.98. The van der Waals surface area contributed by atoms with E-state index < -0.39 is 0 Å². The molecule has 0 radical (unpaired) electrons. The highest BCUT2D eigenvalue weighted by Gasteiger charge is 2.32. The normalized spacial score (nSPS) is 20.8. The van der Waals surface area contributed by atoms with Gasteiger partial charge in [-0.05, 0) is 36.6 Å². The fourth-order valence-electron chi connectivity index (χ4n) is 4.36. The smallest absolute Gasteiger partial charge is 0.275 e. The molecule has 0 aliphatic carbocycles. The van der Waals surface area contributed by atoms with Crippen LogP contribution in [0.2, 0.25) is 0 Å². The van der Waals surface area contributed by atoms with Crippen molar-refractivity contribution in [1.82, 2.24) is 5.32 Å². The summed E-state index contributed by atoms with van der Waals surface area (Å²) in [5.41, 5.74) is 2.57. The van der Waals surface area contributed by atoms with E-state index in [2.05, 4.69) is 41.7 Å². The molecule has 2 heterocycles. The largest absolute Gasteiger partial charge is 0.490 e. The average molecular weight is 396 g/mol. The minimum absolute atomic E-state index is 0.148. The molecule has 1 saturated heterocycles. The number of benzene rings is 2. The number of rotatable bonds is 7. The maximum Gasteiger partial charge on any atom is 0.275 e. The van der Waals surface area contributed by atoms with Gasteiger partial charge in [-0.2, -0.15) is 0 Å². The molecule has 29 heavy (non-hydrogen) atoms. The van der Waals surface area contributed by atoms with Crippen molar-refractivity contribution in [3.05, 3.63) is 59.7 Å². The topological polar surface area (TPSA) is 52.0 Å². The highest BCUT2D eigenvalue weighted by Crippen LogP contribution is 2.33. The van der Waals surface area contributed by atoms with Crippen molar-refractivity contribution in [3.8, 4) is 11.5 Å². The van der Waals surface area contributed by atoms with E-state index in [-0.39, 0.29) is 5.91 Å². The summed E-state index contributed by atoms with van der Waals surface area (Å²) in [7, 11) is 0. The summed E-state index contributed by atoms with van der Waals surface area (Å²) in [6, 6.07) is 17.1. The molecule has 2 N–H and O–H groups in total. The molecule has 5 nitrogen and oxygen atoms in total. The third-order valence-electron chi connectivity index (χ3n) is 5.85. The van der Waals surface area contributed by atoms with Crippen molar-refractivity contribution in [2.45, 2.75) is 38.1 Å². The average Bonchev–Trinajstić information content (AvgIpc) is 3.07. The molecule has 2 aliphatic rings. The lowest BCUT2D eigenvalue weighted by Crippen LogP contribution is -3.11. The zero-order valence-corrected chi connectivity index (χ0v) is 17.0. The lowest BCUT2D eigenvalue weighted by molar-refractivity contribution is -0.910. The molecule has 0 saturated carbocycles. The third-order valence-corrected chi connectivity index (χ3v) is 5.85. The third kappa shape index (κ3) is 5.30. The number of carbonyl (C=O) groups is 1. The first-order valence-corrected chi connectivity index (χ1v) is 10.8. The molecule has 0 aromatic heterocycles. The summed E-state index contributed by atoms with van der Waals surface area (Å²) in [5, 5.41) is 3.11. The van der Waals surface area contributed by atoms with E-state index in [1.165, 1.54) is 16.0 Å². The first-order chi connectivity index (χ1) is 14.3. The van der Waals surface area contributed by atoms with Gasteiger partial charge in [0.25, 0.3) is 5.91 Å². The summed E-state index contributed by atoms with van der Waals surface area (Å²) in [4.78, 5) is 13.8. The molecule has 5 heteroatoms. The Morgan fingerprint density at radius 1 is 1.03 bits per heavy atom. The molecule has 4 rings (SSSR count). The molecule has 154 valence electrons. The fourth-order valence-corrected chi connectivity index (χ4v) is 4.36. The number of amides is 1. The van der Waals surface area contributed by atoms with E-state index in [9.17, 15) is 4.79 Å². The van der Waals surface area contributed by atoms with Gasteiger partial charge in [-0.25, -0.2) is 0 Å². The van der Waals surface area contributed by atoms with Crippen LogP contribution in [-0.2, 0) is 11.2 Å². The highest BCUT2D eigenvalue weighted by molar-refractivity contribution is 5.76. The number of hydrogen-bond donors (Lipinski definition) is 2. The van der Waals surface area contributed by atoms with Crippen LogP contribution in [0.15, 0.2) is 48.5 Å². The number of likely N-dealkylation sites (tertiary alicyclic amines) is 1. The van der Waals surface area contributed by atoms with E-state index in [4.69, 9.17) is 9.47 Å². The lowest BCUT2D eigenvalue weighted by Gasteiger charge is -2.22. The van der Waals surface area contributed by atoms with Gasteiger partial charge in [0.2, 0.25) is 0 Å². The van der Waals surface area contributed by atoms with Crippen LogP contribution < -0.4 is 19.7 Å². The standard InChI is InChI=1S/C24H30N2O3/c27-24(25-13-4-9-19-7-2-1-3-8-19)18-26-14-5-10-21(26)20-11-12-22-23(17-20)29-16-6-15-28-22/h1-3,7-8,11-12,17,21H,4-6,9-10,13-16,18H2,(H,25,27)/p+1/t21-/m1/s1. The Balaban J connectivity index is 1.28. The fraction of sp³-hybridized carbons (Fsp3) is 0.458. The molecule has 2 atom stereocenters. The van der Waals surface area contributed by atoms with Gasteiger partial charge in [-0.3, -0.25) is 4.79 Å². The van der Waals surface area contributed by atoms with Crippen molar-refractivity contribution in [2.24, 2.45) is 0 Å². The predicted molar refractivity (Wildman–Crippen MR) is 112 cm³/mol. The van der Waals surface area contributed by atoms with Gasteiger partial charge in [-0.1, -0.05) is 30.3 Å². The van der Waals surface area contributed by atoms with Crippen molar-refractivity contribution < 1.29 is 19.2 Å². The Kier molecular flexibility index (Phi) is 6.67. The lowest BCUT2D eigenvalue weighted by atomic mass is 10.0. The van der Waals surface area contributed by atoms with Crippen LogP contribution in [0, 0.1) is 0 Å².